The highest BCUT2D eigenvalue weighted by Gasteiger charge is 2.25. The molecule has 1 heterocycles. The van der Waals surface area contributed by atoms with Crippen molar-refractivity contribution >= 4 is 6.34 Å². The predicted octanol–water partition coefficient (Wildman–Crippen LogP) is 0.460. The molecule has 0 saturated carbocycles. The molecule has 0 aliphatic carbocycles. The van der Waals surface area contributed by atoms with E-state index in [1.54, 1.807) is 0 Å². The topological polar surface area (TPSA) is 12.4 Å². The van der Waals surface area contributed by atoms with Crippen LogP contribution < -0.4 is 17.0 Å². The monoisotopic (exact) mass is 312 g/mol. The van der Waals surface area contributed by atoms with Gasteiger partial charge in [-0.25, -0.2) is 13.9 Å². The van der Waals surface area contributed by atoms with Crippen molar-refractivity contribution in [2.45, 2.75) is 26.3 Å². The zero-order valence-electron chi connectivity index (χ0n) is 10.5. The number of hydrogen-bond donors (Lipinski definition) is 0. The van der Waals surface area contributed by atoms with Gasteiger partial charge in [-0.1, -0.05) is 25.5 Å². The lowest BCUT2D eigenvalue weighted by molar-refractivity contribution is -0.794. The molecule has 1 unspecified atom stereocenters. The average Bonchev–Trinajstić information content (AvgIpc) is 2.79. The molecule has 0 radical (unpaired) electrons. The van der Waals surface area contributed by atoms with Crippen LogP contribution in [0.1, 0.15) is 25.3 Å². The van der Waals surface area contributed by atoms with Crippen LogP contribution in [0.2, 0.25) is 0 Å². The number of aliphatic imine (C=N–C) groups is 1. The third-order valence-corrected chi connectivity index (χ3v) is 3.06. The van der Waals surface area contributed by atoms with E-state index < -0.39 is 0 Å². The van der Waals surface area contributed by atoms with Crippen molar-refractivity contribution in [3.8, 4) is 0 Å². The first-order valence-electron chi connectivity index (χ1n) is 6.07. The minimum atomic E-state index is -0.181. The fraction of sp³-hybridized carbons (Fsp3) is 0.357. The van der Waals surface area contributed by atoms with E-state index in [9.17, 15) is 4.39 Å². The van der Waals surface area contributed by atoms with Crippen LogP contribution in [0, 0.1) is 5.82 Å². The van der Waals surface area contributed by atoms with Gasteiger partial charge in [-0.2, -0.15) is 0 Å². The lowest BCUT2D eigenvalue weighted by Crippen LogP contribution is -3.00. The van der Waals surface area contributed by atoms with Crippen molar-refractivity contribution in [1.29, 1.82) is 0 Å². The van der Waals surface area contributed by atoms with Crippen molar-refractivity contribution in [1.82, 2.24) is 0 Å². The number of hydrogen-bond acceptors (Lipinski definition) is 1. The van der Waals surface area contributed by atoms with Gasteiger partial charge in [-0.05, 0) is 18.6 Å². The maximum absolute atomic E-state index is 12.9. The molecule has 0 N–H and O–H groups in total. The summed E-state index contributed by atoms with van der Waals surface area (Å²) in [6.45, 7) is 4.08. The lowest BCUT2D eigenvalue weighted by Gasteiger charge is -2.27. The SMILES string of the molecule is CCCC[N+]1(Cc2ccc(F)cc2)C=CN=C1.[Br-]. The smallest absolute Gasteiger partial charge is 0.195 e. The minimum Gasteiger partial charge on any atom is -1.00 e. The number of unbranched alkanes of at least 4 members (excludes halogenated alkanes) is 1. The molecule has 98 valence electrons. The van der Waals surface area contributed by atoms with Crippen molar-refractivity contribution < 1.29 is 25.9 Å². The highest BCUT2D eigenvalue weighted by molar-refractivity contribution is 5.51. The summed E-state index contributed by atoms with van der Waals surface area (Å²) < 4.78 is 13.6. The van der Waals surface area contributed by atoms with Gasteiger partial charge in [0.25, 0.3) is 0 Å². The molecule has 0 spiro atoms. The summed E-state index contributed by atoms with van der Waals surface area (Å²) in [6.07, 6.45) is 8.26. The number of rotatable bonds is 5. The van der Waals surface area contributed by atoms with Gasteiger partial charge in [-0.15, -0.1) is 0 Å². The first kappa shape index (κ1) is 15.1. The Bertz CT molecular complexity index is 414. The summed E-state index contributed by atoms with van der Waals surface area (Å²) in [5.41, 5.74) is 1.14. The Balaban J connectivity index is 0.00000162. The Morgan fingerprint density at radius 2 is 1.94 bits per heavy atom. The average molecular weight is 313 g/mol. The fourth-order valence-corrected chi connectivity index (χ4v) is 2.07. The summed E-state index contributed by atoms with van der Waals surface area (Å²) in [4.78, 5) is 4.20. The predicted molar refractivity (Wildman–Crippen MR) is 67.8 cm³/mol. The van der Waals surface area contributed by atoms with E-state index in [2.05, 4.69) is 18.1 Å². The molecule has 2 nitrogen and oxygen atoms in total. The first-order chi connectivity index (χ1) is 8.24. The molecule has 18 heavy (non-hydrogen) atoms. The van der Waals surface area contributed by atoms with Crippen LogP contribution in [0.3, 0.4) is 0 Å². The zero-order valence-corrected chi connectivity index (χ0v) is 12.1. The first-order valence-corrected chi connectivity index (χ1v) is 6.07. The maximum atomic E-state index is 12.9. The van der Waals surface area contributed by atoms with Crippen LogP contribution in [0.25, 0.3) is 0 Å². The van der Waals surface area contributed by atoms with Gasteiger partial charge in [0, 0.05) is 5.56 Å². The maximum Gasteiger partial charge on any atom is 0.195 e. The van der Waals surface area contributed by atoms with Crippen molar-refractivity contribution in [3.63, 3.8) is 0 Å². The van der Waals surface area contributed by atoms with Crippen molar-refractivity contribution in [2.24, 2.45) is 4.99 Å². The highest BCUT2D eigenvalue weighted by Crippen LogP contribution is 2.19. The lowest BCUT2D eigenvalue weighted by atomic mass is 10.2. The van der Waals surface area contributed by atoms with E-state index in [1.807, 2.05) is 24.7 Å². The summed E-state index contributed by atoms with van der Waals surface area (Å²) in [5.74, 6) is -0.181. The largest absolute Gasteiger partial charge is 1.00 e. The van der Waals surface area contributed by atoms with Gasteiger partial charge in [-0.3, -0.25) is 0 Å². The van der Waals surface area contributed by atoms with E-state index in [0.29, 0.717) is 0 Å². The second kappa shape index (κ2) is 6.81. The zero-order chi connectivity index (χ0) is 12.1. The van der Waals surface area contributed by atoms with Gasteiger partial charge in [0.2, 0.25) is 0 Å². The second-order valence-corrected chi connectivity index (χ2v) is 4.53. The molecule has 0 amide bonds. The standard InChI is InChI=1S/C14H18FN2.BrH/c1-2-3-9-17(10-8-16-12-17)11-13-4-6-14(15)7-5-13;/h4-8,10,12H,2-3,9,11H2,1H3;1H/q+1;/p-1. The van der Waals surface area contributed by atoms with E-state index >= 15 is 0 Å². The van der Waals surface area contributed by atoms with E-state index in [1.165, 1.54) is 18.6 Å². The van der Waals surface area contributed by atoms with Crippen molar-refractivity contribution in [3.05, 3.63) is 48.0 Å². The molecule has 0 saturated heterocycles. The molecule has 1 atom stereocenters. The molecule has 1 aliphatic heterocycles. The molecular weight excluding hydrogens is 295 g/mol. The highest BCUT2D eigenvalue weighted by atomic mass is 79.9. The van der Waals surface area contributed by atoms with Gasteiger partial charge >= 0.3 is 0 Å². The molecular formula is C14H18BrFN2. The van der Waals surface area contributed by atoms with Crippen LogP contribution in [0.5, 0.6) is 0 Å². The van der Waals surface area contributed by atoms with Gasteiger partial charge in [0.1, 0.15) is 18.6 Å². The van der Waals surface area contributed by atoms with Gasteiger partial charge in [0.05, 0.1) is 12.7 Å². The summed E-state index contributed by atoms with van der Waals surface area (Å²) in [5, 5.41) is 0. The molecule has 1 aliphatic rings. The Labute approximate surface area is 118 Å². The second-order valence-electron chi connectivity index (χ2n) is 4.53. The minimum absolute atomic E-state index is 0. The van der Waals surface area contributed by atoms with Gasteiger partial charge in [0.15, 0.2) is 6.34 Å². The normalized spacial score (nSPS) is 21.0. The third kappa shape index (κ3) is 3.75. The van der Waals surface area contributed by atoms with Crippen LogP contribution >= 0.6 is 0 Å². The van der Waals surface area contributed by atoms with E-state index in [-0.39, 0.29) is 22.8 Å². The third-order valence-electron chi connectivity index (χ3n) is 3.06. The number of nitrogens with zero attached hydrogens (tertiary/aromatic N) is 2. The molecule has 1 aromatic rings. The Hall–Kier alpha value is -1.00. The summed E-state index contributed by atoms with van der Waals surface area (Å²) >= 11 is 0. The van der Waals surface area contributed by atoms with Crippen LogP contribution in [-0.2, 0) is 6.54 Å². The van der Waals surface area contributed by atoms with E-state index in [0.717, 1.165) is 29.6 Å². The number of benzene rings is 1. The molecule has 4 heteroatoms. The molecule has 2 rings (SSSR count). The fourth-order valence-electron chi connectivity index (χ4n) is 2.07. The van der Waals surface area contributed by atoms with Crippen LogP contribution in [0.4, 0.5) is 4.39 Å². The molecule has 1 aromatic carbocycles. The molecule has 0 bridgehead atoms. The Kier molecular flexibility index (Phi) is 5.69. The Morgan fingerprint density at radius 3 is 2.50 bits per heavy atom. The summed E-state index contributed by atoms with van der Waals surface area (Å²) in [7, 11) is 0. The molecule has 0 fully saturated rings. The van der Waals surface area contributed by atoms with Gasteiger partial charge < -0.3 is 17.0 Å². The van der Waals surface area contributed by atoms with Crippen LogP contribution in [-0.4, -0.2) is 17.4 Å². The number of halogens is 2. The Morgan fingerprint density at radius 1 is 1.22 bits per heavy atom. The quantitative estimate of drug-likeness (QED) is 0.701. The van der Waals surface area contributed by atoms with Crippen LogP contribution in [0.15, 0.2) is 41.7 Å². The molecule has 0 aromatic heterocycles. The van der Waals surface area contributed by atoms with Crippen molar-refractivity contribution in [2.75, 3.05) is 6.54 Å². The summed E-state index contributed by atoms with van der Waals surface area (Å²) in [6, 6.07) is 6.73. The van der Waals surface area contributed by atoms with E-state index in [4.69, 9.17) is 0 Å². The number of quaternary nitrogens is 1.